The summed E-state index contributed by atoms with van der Waals surface area (Å²) in [6.45, 7) is 1.22. The number of nitrogens with zero attached hydrogens (tertiary/aromatic N) is 2. The summed E-state index contributed by atoms with van der Waals surface area (Å²) in [6, 6.07) is 6.84. The molecule has 1 aliphatic rings. The molecule has 0 radical (unpaired) electrons. The van der Waals surface area contributed by atoms with Crippen molar-refractivity contribution in [2.75, 3.05) is 33.9 Å². The van der Waals surface area contributed by atoms with Crippen LogP contribution in [0.4, 0.5) is 0 Å². The summed E-state index contributed by atoms with van der Waals surface area (Å²) in [7, 11) is -1.19. The minimum Gasteiger partial charge on any atom is -0.496 e. The van der Waals surface area contributed by atoms with Crippen molar-refractivity contribution in [3.05, 3.63) is 41.0 Å². The van der Waals surface area contributed by atoms with Crippen LogP contribution < -0.4 is 10.1 Å². The molecule has 0 aliphatic carbocycles. The number of carbonyl (C=O) groups excluding carboxylic acids is 1. The van der Waals surface area contributed by atoms with Gasteiger partial charge in [-0.05, 0) is 6.07 Å². The maximum atomic E-state index is 13.3. The second-order valence-electron chi connectivity index (χ2n) is 5.56. The third kappa shape index (κ3) is 4.09. The number of nitrogens with one attached hydrogen (secondary N) is 1. The van der Waals surface area contributed by atoms with Gasteiger partial charge in [-0.15, -0.1) is 23.7 Å². The predicted octanol–water partition coefficient (Wildman–Crippen LogP) is 1.70. The van der Waals surface area contributed by atoms with Crippen LogP contribution in [0.2, 0.25) is 0 Å². The standard InChI is InChI=1S/C16H19N3O5S2.ClH/c1-23-13-6-4-3-5-11(13)12-9-17-7-8-19(12)26(21,22)16-14(15(20)24-2)18-10-25-16;/h3-6,10,12,17H,7-9H2,1-2H3;1H. The van der Waals surface area contributed by atoms with Crippen LogP contribution >= 0.6 is 23.7 Å². The fourth-order valence-corrected chi connectivity index (χ4v) is 5.79. The smallest absolute Gasteiger partial charge is 0.358 e. The lowest BCUT2D eigenvalue weighted by atomic mass is 10.0. The highest BCUT2D eigenvalue weighted by molar-refractivity contribution is 7.91. The number of methoxy groups -OCH3 is 2. The third-order valence-corrected chi connectivity index (χ3v) is 7.40. The first kappa shape index (κ1) is 21.6. The largest absolute Gasteiger partial charge is 0.496 e. The molecule has 1 saturated heterocycles. The molecule has 148 valence electrons. The normalized spacial score (nSPS) is 17.8. The van der Waals surface area contributed by atoms with E-state index in [1.807, 2.05) is 18.2 Å². The van der Waals surface area contributed by atoms with Crippen molar-refractivity contribution in [3.8, 4) is 5.75 Å². The van der Waals surface area contributed by atoms with Crippen LogP contribution in [0.3, 0.4) is 0 Å². The van der Waals surface area contributed by atoms with Crippen molar-refractivity contribution >= 4 is 39.7 Å². The van der Waals surface area contributed by atoms with Gasteiger partial charge in [-0.2, -0.15) is 4.31 Å². The minimum absolute atomic E-state index is 0. The van der Waals surface area contributed by atoms with Crippen molar-refractivity contribution in [2.45, 2.75) is 10.3 Å². The van der Waals surface area contributed by atoms with E-state index in [-0.39, 0.29) is 28.9 Å². The van der Waals surface area contributed by atoms with Crippen LogP contribution in [-0.4, -0.2) is 57.5 Å². The summed E-state index contributed by atoms with van der Waals surface area (Å²) < 4.78 is 37.9. The molecule has 2 aromatic rings. The Balaban J connectivity index is 0.00000261. The lowest BCUT2D eigenvalue weighted by molar-refractivity contribution is 0.0590. The van der Waals surface area contributed by atoms with E-state index in [0.717, 1.165) is 16.9 Å². The summed E-state index contributed by atoms with van der Waals surface area (Å²) in [5.41, 5.74) is 1.91. The predicted molar refractivity (Wildman–Crippen MR) is 103 cm³/mol. The number of sulfonamides is 1. The van der Waals surface area contributed by atoms with E-state index in [4.69, 9.17) is 4.74 Å². The second kappa shape index (κ2) is 8.98. The number of para-hydroxylation sites is 1. The number of ether oxygens (including phenoxy) is 2. The Kier molecular flexibility index (Phi) is 7.18. The number of thiazole rings is 1. The van der Waals surface area contributed by atoms with Crippen molar-refractivity contribution in [1.82, 2.24) is 14.6 Å². The molecule has 1 fully saturated rings. The zero-order valence-corrected chi connectivity index (χ0v) is 17.2. The van der Waals surface area contributed by atoms with Gasteiger partial charge in [0, 0.05) is 25.2 Å². The molecular formula is C16H20ClN3O5S2. The van der Waals surface area contributed by atoms with Crippen molar-refractivity contribution < 1.29 is 22.7 Å². The van der Waals surface area contributed by atoms with Crippen LogP contribution in [0.1, 0.15) is 22.1 Å². The molecule has 0 saturated carbocycles. The van der Waals surface area contributed by atoms with Gasteiger partial charge in [0.25, 0.3) is 10.0 Å². The number of piperazine rings is 1. The molecule has 2 heterocycles. The van der Waals surface area contributed by atoms with Crippen LogP contribution in [0.25, 0.3) is 0 Å². The number of rotatable bonds is 5. The maximum Gasteiger partial charge on any atom is 0.358 e. The van der Waals surface area contributed by atoms with Crippen LogP contribution in [0.15, 0.2) is 34.0 Å². The molecule has 0 bridgehead atoms. The van der Waals surface area contributed by atoms with E-state index in [1.165, 1.54) is 16.9 Å². The molecule has 1 aromatic heterocycles. The Hall–Kier alpha value is -1.72. The Morgan fingerprint density at radius 1 is 1.33 bits per heavy atom. The average Bonchev–Trinajstić information content (AvgIpc) is 3.18. The second-order valence-corrected chi connectivity index (χ2v) is 8.50. The lowest BCUT2D eigenvalue weighted by Crippen LogP contribution is -2.48. The van der Waals surface area contributed by atoms with Crippen molar-refractivity contribution in [2.24, 2.45) is 0 Å². The molecule has 8 nitrogen and oxygen atoms in total. The number of esters is 1. The van der Waals surface area contributed by atoms with Gasteiger partial charge < -0.3 is 14.8 Å². The molecule has 1 aliphatic heterocycles. The molecule has 27 heavy (non-hydrogen) atoms. The zero-order chi connectivity index (χ0) is 18.7. The van der Waals surface area contributed by atoms with Gasteiger partial charge in [0.2, 0.25) is 0 Å². The van der Waals surface area contributed by atoms with Crippen LogP contribution in [-0.2, 0) is 14.8 Å². The number of hydrogen-bond acceptors (Lipinski definition) is 8. The van der Waals surface area contributed by atoms with Crippen LogP contribution in [0.5, 0.6) is 5.75 Å². The number of hydrogen-bond donors (Lipinski definition) is 1. The first-order chi connectivity index (χ1) is 12.5. The molecule has 1 atom stereocenters. The van der Waals surface area contributed by atoms with E-state index >= 15 is 0 Å². The van der Waals surface area contributed by atoms with Gasteiger partial charge in [0.1, 0.15) is 5.75 Å². The highest BCUT2D eigenvalue weighted by atomic mass is 35.5. The molecule has 0 amide bonds. The number of benzene rings is 1. The molecule has 11 heteroatoms. The topological polar surface area (TPSA) is 97.8 Å². The number of carbonyl (C=O) groups is 1. The summed E-state index contributed by atoms with van der Waals surface area (Å²) in [6.07, 6.45) is 0. The van der Waals surface area contributed by atoms with Gasteiger partial charge >= 0.3 is 5.97 Å². The quantitative estimate of drug-likeness (QED) is 0.716. The highest BCUT2D eigenvalue weighted by Gasteiger charge is 2.39. The van der Waals surface area contributed by atoms with Crippen LogP contribution in [0, 0.1) is 0 Å². The van der Waals surface area contributed by atoms with Gasteiger partial charge in [-0.1, -0.05) is 18.2 Å². The zero-order valence-electron chi connectivity index (χ0n) is 14.7. The van der Waals surface area contributed by atoms with E-state index in [1.54, 1.807) is 13.2 Å². The fourth-order valence-electron chi connectivity index (χ4n) is 2.94. The molecular weight excluding hydrogens is 414 g/mol. The molecule has 1 aromatic carbocycles. The van der Waals surface area contributed by atoms with Gasteiger partial charge in [0.05, 0.1) is 25.8 Å². The van der Waals surface area contributed by atoms with Gasteiger partial charge in [0.15, 0.2) is 9.90 Å². The van der Waals surface area contributed by atoms with E-state index in [9.17, 15) is 13.2 Å². The molecule has 1 unspecified atom stereocenters. The van der Waals surface area contributed by atoms with E-state index < -0.39 is 22.0 Å². The van der Waals surface area contributed by atoms with E-state index in [0.29, 0.717) is 18.8 Å². The SMILES string of the molecule is COC(=O)c1ncsc1S(=O)(=O)N1CCNCC1c1ccccc1OC.Cl. The van der Waals surface area contributed by atoms with Gasteiger partial charge in [-0.3, -0.25) is 0 Å². The first-order valence-corrected chi connectivity index (χ1v) is 10.2. The molecule has 0 spiro atoms. The lowest BCUT2D eigenvalue weighted by Gasteiger charge is -2.35. The van der Waals surface area contributed by atoms with E-state index in [2.05, 4.69) is 15.0 Å². The number of halogens is 1. The summed E-state index contributed by atoms with van der Waals surface area (Å²) >= 11 is 0.908. The Labute approximate surface area is 168 Å². The summed E-state index contributed by atoms with van der Waals surface area (Å²) in [5.74, 6) is -0.160. The highest BCUT2D eigenvalue weighted by Crippen LogP contribution is 2.35. The molecule has 3 rings (SSSR count). The average molecular weight is 434 g/mol. The fraction of sp³-hybridized carbons (Fsp3) is 0.375. The Morgan fingerprint density at radius 2 is 2.07 bits per heavy atom. The minimum atomic E-state index is -3.93. The molecule has 1 N–H and O–H groups in total. The monoisotopic (exact) mass is 433 g/mol. The van der Waals surface area contributed by atoms with Crippen molar-refractivity contribution in [3.63, 3.8) is 0 Å². The Morgan fingerprint density at radius 3 is 2.78 bits per heavy atom. The maximum absolute atomic E-state index is 13.3. The van der Waals surface area contributed by atoms with Gasteiger partial charge in [-0.25, -0.2) is 18.2 Å². The third-order valence-electron chi connectivity index (χ3n) is 4.15. The number of aromatic nitrogens is 1. The van der Waals surface area contributed by atoms with Crippen molar-refractivity contribution in [1.29, 1.82) is 0 Å². The summed E-state index contributed by atoms with van der Waals surface area (Å²) in [5, 5.41) is 3.22. The Bertz CT molecular complexity index is 903. The summed E-state index contributed by atoms with van der Waals surface area (Å²) in [4.78, 5) is 15.8. The first-order valence-electron chi connectivity index (χ1n) is 7.88.